The summed E-state index contributed by atoms with van der Waals surface area (Å²) in [6, 6.07) is 30.8. The van der Waals surface area contributed by atoms with Crippen molar-refractivity contribution in [3.05, 3.63) is 126 Å². The number of nitrogens with one attached hydrogen (secondary N) is 1. The summed E-state index contributed by atoms with van der Waals surface area (Å²) in [4.78, 5) is 29.2. The van der Waals surface area contributed by atoms with Gasteiger partial charge in [-0.05, 0) is 66.9 Å². The van der Waals surface area contributed by atoms with E-state index in [1.54, 1.807) is 42.5 Å². The van der Waals surface area contributed by atoms with Crippen LogP contribution in [0.2, 0.25) is 0 Å². The summed E-state index contributed by atoms with van der Waals surface area (Å²) in [6.45, 7) is 3.87. The van der Waals surface area contributed by atoms with Gasteiger partial charge in [0, 0.05) is 20.0 Å². The second-order valence-electron chi connectivity index (χ2n) is 10.0. The summed E-state index contributed by atoms with van der Waals surface area (Å²) in [5.41, 5.74) is 2.99. The van der Waals surface area contributed by atoms with Crippen molar-refractivity contribution in [1.29, 1.82) is 0 Å². The molecule has 0 radical (unpaired) electrons. The van der Waals surface area contributed by atoms with Gasteiger partial charge in [0.15, 0.2) is 0 Å². The van der Waals surface area contributed by atoms with Gasteiger partial charge in [-0.15, -0.1) is 0 Å². The molecule has 1 atom stereocenters. The first-order valence-corrected chi connectivity index (χ1v) is 15.6. The molecule has 2 amide bonds. The van der Waals surface area contributed by atoms with Crippen LogP contribution >= 0.6 is 0 Å². The van der Waals surface area contributed by atoms with Crippen LogP contribution in [0, 0.1) is 6.92 Å². The Hall–Kier alpha value is -4.63. The standard InChI is InChI=1S/C34H37N3O5S/c1-4-42-30-21-19-29(20-22-30)37(43(40,41)31-17-9-6-10-18-31)25-33(38)36(24-28-16-12-11-13-26(28)2)32(34(39)35-3)23-27-14-7-5-8-15-27/h5-22,32H,4,23-25H2,1-3H3,(H,35,39). The van der Waals surface area contributed by atoms with E-state index in [2.05, 4.69) is 5.32 Å². The number of benzene rings is 4. The number of hydrogen-bond acceptors (Lipinski definition) is 5. The second kappa shape index (κ2) is 14.5. The van der Waals surface area contributed by atoms with E-state index in [4.69, 9.17) is 4.74 Å². The van der Waals surface area contributed by atoms with Crippen LogP contribution in [0.15, 0.2) is 114 Å². The molecule has 43 heavy (non-hydrogen) atoms. The molecule has 0 aliphatic heterocycles. The zero-order valence-electron chi connectivity index (χ0n) is 24.6. The van der Waals surface area contributed by atoms with Crippen LogP contribution in [-0.4, -0.2) is 51.4 Å². The lowest BCUT2D eigenvalue weighted by Crippen LogP contribution is -2.53. The van der Waals surface area contributed by atoms with E-state index in [-0.39, 0.29) is 23.8 Å². The first kappa shape index (κ1) is 31.3. The Balaban J connectivity index is 1.78. The third-order valence-electron chi connectivity index (χ3n) is 7.17. The number of likely N-dealkylation sites (N-methyl/N-ethyl adjacent to an activating group) is 1. The fraction of sp³-hybridized carbons (Fsp3) is 0.235. The smallest absolute Gasteiger partial charge is 0.264 e. The highest BCUT2D eigenvalue weighted by molar-refractivity contribution is 7.92. The van der Waals surface area contributed by atoms with Gasteiger partial charge in [0.2, 0.25) is 11.8 Å². The SMILES string of the molecule is CCOc1ccc(N(CC(=O)N(Cc2ccccc2C)C(Cc2ccccc2)C(=O)NC)S(=O)(=O)c2ccccc2)cc1. The molecular formula is C34H37N3O5S. The largest absolute Gasteiger partial charge is 0.494 e. The quantitative estimate of drug-likeness (QED) is 0.234. The summed E-state index contributed by atoms with van der Waals surface area (Å²) in [5, 5.41) is 2.70. The molecule has 4 rings (SSSR count). The first-order chi connectivity index (χ1) is 20.7. The number of anilines is 1. The first-order valence-electron chi connectivity index (χ1n) is 14.1. The topological polar surface area (TPSA) is 96.0 Å². The Morgan fingerprint density at radius 3 is 2.05 bits per heavy atom. The van der Waals surface area contributed by atoms with Gasteiger partial charge in [-0.25, -0.2) is 8.42 Å². The maximum atomic E-state index is 14.4. The van der Waals surface area contributed by atoms with Crippen LogP contribution in [0.4, 0.5) is 5.69 Å². The molecule has 0 fully saturated rings. The number of ether oxygens (including phenoxy) is 1. The highest BCUT2D eigenvalue weighted by atomic mass is 32.2. The molecule has 0 spiro atoms. The van der Waals surface area contributed by atoms with Crippen molar-refractivity contribution in [3.63, 3.8) is 0 Å². The lowest BCUT2D eigenvalue weighted by Gasteiger charge is -2.34. The van der Waals surface area contributed by atoms with Crippen LogP contribution in [0.25, 0.3) is 0 Å². The summed E-state index contributed by atoms with van der Waals surface area (Å²) in [7, 11) is -2.62. The monoisotopic (exact) mass is 599 g/mol. The van der Waals surface area contributed by atoms with E-state index in [1.165, 1.54) is 24.1 Å². The van der Waals surface area contributed by atoms with Gasteiger partial charge < -0.3 is 15.0 Å². The molecule has 0 saturated heterocycles. The average Bonchev–Trinajstić information content (AvgIpc) is 3.03. The number of carbonyl (C=O) groups is 2. The zero-order chi connectivity index (χ0) is 30.8. The molecule has 8 nitrogen and oxygen atoms in total. The normalized spacial score (nSPS) is 11.8. The van der Waals surface area contributed by atoms with Crippen LogP contribution in [0.3, 0.4) is 0 Å². The van der Waals surface area contributed by atoms with Gasteiger partial charge in [0.05, 0.1) is 17.2 Å². The number of carbonyl (C=O) groups excluding carboxylic acids is 2. The fourth-order valence-corrected chi connectivity index (χ4v) is 6.25. The molecule has 224 valence electrons. The minimum atomic E-state index is -4.15. The number of rotatable bonds is 13. The summed E-state index contributed by atoms with van der Waals surface area (Å²) in [5.74, 6) is -0.274. The molecule has 0 bridgehead atoms. The highest BCUT2D eigenvalue weighted by Gasteiger charge is 2.34. The van der Waals surface area contributed by atoms with Crippen molar-refractivity contribution in [3.8, 4) is 5.75 Å². The third-order valence-corrected chi connectivity index (χ3v) is 8.95. The number of nitrogens with zero attached hydrogens (tertiary/aromatic N) is 2. The van der Waals surface area contributed by atoms with E-state index in [9.17, 15) is 18.0 Å². The van der Waals surface area contributed by atoms with E-state index in [1.807, 2.05) is 68.4 Å². The van der Waals surface area contributed by atoms with E-state index in [0.717, 1.165) is 21.0 Å². The minimum absolute atomic E-state index is 0.0503. The second-order valence-corrected chi connectivity index (χ2v) is 11.9. The lowest BCUT2D eigenvalue weighted by molar-refractivity contribution is -0.139. The van der Waals surface area contributed by atoms with Gasteiger partial charge in [0.25, 0.3) is 10.0 Å². The maximum Gasteiger partial charge on any atom is 0.264 e. The molecule has 4 aromatic rings. The molecule has 4 aromatic carbocycles. The maximum absolute atomic E-state index is 14.4. The predicted molar refractivity (Wildman–Crippen MR) is 168 cm³/mol. The van der Waals surface area contributed by atoms with Gasteiger partial charge >= 0.3 is 0 Å². The Kier molecular flexibility index (Phi) is 10.6. The number of aryl methyl sites for hydroxylation is 1. The Labute approximate surface area is 254 Å². The third kappa shape index (κ3) is 7.81. The van der Waals surface area contributed by atoms with Gasteiger partial charge in [-0.2, -0.15) is 0 Å². The molecule has 0 aliphatic carbocycles. The molecule has 9 heteroatoms. The van der Waals surface area contributed by atoms with Crippen LogP contribution in [0.5, 0.6) is 5.75 Å². The van der Waals surface area contributed by atoms with Crippen molar-refractivity contribution in [2.24, 2.45) is 0 Å². The number of amides is 2. The Bertz CT molecular complexity index is 1610. The Morgan fingerprint density at radius 2 is 1.44 bits per heavy atom. The van der Waals surface area contributed by atoms with Crippen molar-refractivity contribution >= 4 is 27.5 Å². The van der Waals surface area contributed by atoms with Crippen LogP contribution in [0.1, 0.15) is 23.6 Å². The van der Waals surface area contributed by atoms with Crippen molar-refractivity contribution in [2.75, 3.05) is 24.5 Å². The highest BCUT2D eigenvalue weighted by Crippen LogP contribution is 2.27. The van der Waals surface area contributed by atoms with E-state index in [0.29, 0.717) is 18.0 Å². The van der Waals surface area contributed by atoms with E-state index < -0.39 is 28.5 Å². The molecular weight excluding hydrogens is 562 g/mol. The number of hydrogen-bond donors (Lipinski definition) is 1. The Morgan fingerprint density at radius 1 is 0.837 bits per heavy atom. The molecule has 0 aromatic heterocycles. The zero-order valence-corrected chi connectivity index (χ0v) is 25.5. The van der Waals surface area contributed by atoms with Gasteiger partial charge in [-0.1, -0.05) is 72.8 Å². The van der Waals surface area contributed by atoms with Crippen molar-refractivity contribution < 1.29 is 22.7 Å². The lowest BCUT2D eigenvalue weighted by atomic mass is 10.0. The molecule has 1 unspecified atom stereocenters. The van der Waals surface area contributed by atoms with Crippen molar-refractivity contribution in [2.45, 2.75) is 37.8 Å². The summed E-state index contributed by atoms with van der Waals surface area (Å²) < 4.78 is 34.7. The van der Waals surface area contributed by atoms with Crippen LogP contribution < -0.4 is 14.4 Å². The van der Waals surface area contributed by atoms with E-state index >= 15 is 0 Å². The van der Waals surface area contributed by atoms with Gasteiger partial charge in [-0.3, -0.25) is 13.9 Å². The molecule has 0 heterocycles. The van der Waals surface area contributed by atoms with Crippen molar-refractivity contribution in [1.82, 2.24) is 10.2 Å². The summed E-state index contributed by atoms with van der Waals surface area (Å²) >= 11 is 0. The molecule has 1 N–H and O–H groups in total. The van der Waals surface area contributed by atoms with Crippen LogP contribution in [-0.2, 0) is 32.6 Å². The molecule has 0 saturated carbocycles. The summed E-state index contributed by atoms with van der Waals surface area (Å²) in [6.07, 6.45) is 0.257. The molecule has 0 aliphatic rings. The average molecular weight is 600 g/mol. The fourth-order valence-electron chi connectivity index (χ4n) is 4.82. The predicted octanol–water partition coefficient (Wildman–Crippen LogP) is 4.98. The minimum Gasteiger partial charge on any atom is -0.494 e. The van der Waals surface area contributed by atoms with Gasteiger partial charge in [0.1, 0.15) is 18.3 Å². The number of sulfonamides is 1.